The summed E-state index contributed by atoms with van der Waals surface area (Å²) in [4.78, 5) is 17.6. The molecule has 1 aromatic rings. The van der Waals surface area contributed by atoms with E-state index in [-0.39, 0.29) is 18.8 Å². The Balaban J connectivity index is 1.76. The highest BCUT2D eigenvalue weighted by Gasteiger charge is 2.56. The summed E-state index contributed by atoms with van der Waals surface area (Å²) >= 11 is 3.40. The van der Waals surface area contributed by atoms with Crippen LogP contribution in [0.5, 0.6) is 0 Å². The van der Waals surface area contributed by atoms with Crippen molar-refractivity contribution in [2.45, 2.75) is 62.7 Å². The molecule has 0 bridgehead atoms. The van der Waals surface area contributed by atoms with Gasteiger partial charge in [0.25, 0.3) is 0 Å². The Morgan fingerprint density at radius 3 is 2.41 bits per heavy atom. The molecular formula is C20H31BrN2O5S. The average Bonchev–Trinajstić information content (AvgIpc) is 2.68. The van der Waals surface area contributed by atoms with E-state index >= 15 is 0 Å². The van der Waals surface area contributed by atoms with Crippen molar-refractivity contribution in [3.63, 3.8) is 0 Å². The molecule has 2 aliphatic rings. The van der Waals surface area contributed by atoms with Gasteiger partial charge in [0.05, 0.1) is 0 Å². The van der Waals surface area contributed by atoms with Gasteiger partial charge in [-0.25, -0.2) is 9.10 Å². The van der Waals surface area contributed by atoms with E-state index in [1.165, 1.54) is 0 Å². The highest BCUT2D eigenvalue weighted by molar-refractivity contribution is 9.10. The highest BCUT2D eigenvalue weighted by Crippen LogP contribution is 2.61. The number of esters is 1. The SMILES string of the molecule is CC(C)(C)OC(=O)C1(S(O)(O)N2CCC(c3ccc(Br)cn3)CC2)CCOCC1. The monoisotopic (exact) mass is 490 g/mol. The zero-order chi connectivity index (χ0) is 21.3. The van der Waals surface area contributed by atoms with Crippen LogP contribution in [0.2, 0.25) is 0 Å². The lowest BCUT2D eigenvalue weighted by molar-refractivity contribution is -0.161. The van der Waals surface area contributed by atoms with Gasteiger partial charge in [-0.15, -0.1) is 10.8 Å². The Labute approximate surface area is 182 Å². The summed E-state index contributed by atoms with van der Waals surface area (Å²) in [6, 6.07) is 3.98. The van der Waals surface area contributed by atoms with Crippen LogP contribution >= 0.6 is 26.7 Å². The van der Waals surface area contributed by atoms with E-state index in [1.807, 2.05) is 12.1 Å². The van der Waals surface area contributed by atoms with Gasteiger partial charge in [0.15, 0.2) is 4.75 Å². The lowest BCUT2D eigenvalue weighted by atomic mass is 9.94. The van der Waals surface area contributed by atoms with Gasteiger partial charge in [0.1, 0.15) is 5.60 Å². The van der Waals surface area contributed by atoms with Gasteiger partial charge in [-0.2, -0.15) is 0 Å². The molecule has 164 valence electrons. The zero-order valence-corrected chi connectivity index (χ0v) is 19.7. The third kappa shape index (κ3) is 4.97. The fourth-order valence-electron chi connectivity index (χ4n) is 3.94. The lowest BCUT2D eigenvalue weighted by Crippen LogP contribution is -2.55. The Morgan fingerprint density at radius 1 is 1.28 bits per heavy atom. The number of hydrogen-bond donors (Lipinski definition) is 2. The van der Waals surface area contributed by atoms with Gasteiger partial charge in [-0.1, -0.05) is 0 Å². The number of piperidine rings is 1. The van der Waals surface area contributed by atoms with E-state index in [2.05, 4.69) is 20.9 Å². The summed E-state index contributed by atoms with van der Waals surface area (Å²) in [5.74, 6) is -0.272. The summed E-state index contributed by atoms with van der Waals surface area (Å²) in [6.07, 6.45) is 3.79. The number of nitrogens with zero attached hydrogens (tertiary/aromatic N) is 2. The first kappa shape index (κ1) is 23.0. The van der Waals surface area contributed by atoms with Gasteiger partial charge < -0.3 is 9.47 Å². The maximum atomic E-state index is 13.1. The standard InChI is InChI=1S/C20H31BrN2O5S/c1-19(2,3)28-18(24)20(8-12-27-13-9-20)29(25,26)23-10-6-15(7-11-23)17-5-4-16(21)14-22-17/h4-5,14-15,25-26H,6-13H2,1-3H3. The third-order valence-electron chi connectivity index (χ3n) is 5.58. The molecule has 0 aromatic carbocycles. The number of hydrogen-bond acceptors (Lipinski definition) is 7. The van der Waals surface area contributed by atoms with E-state index in [4.69, 9.17) is 9.47 Å². The van der Waals surface area contributed by atoms with Crippen LogP contribution in [0.4, 0.5) is 0 Å². The maximum absolute atomic E-state index is 13.1. The van der Waals surface area contributed by atoms with Gasteiger partial charge in [-0.05, 0) is 61.7 Å². The number of carbonyl (C=O) groups is 1. The molecule has 1 aromatic heterocycles. The third-order valence-corrected chi connectivity index (χ3v) is 8.76. The number of carbonyl (C=O) groups excluding carboxylic acids is 1. The van der Waals surface area contributed by atoms with Crippen LogP contribution in [-0.4, -0.2) is 61.0 Å². The molecule has 2 fully saturated rings. The van der Waals surface area contributed by atoms with Gasteiger partial charge in [-0.3, -0.25) is 14.1 Å². The molecule has 0 radical (unpaired) electrons. The molecule has 0 atom stereocenters. The molecular weight excluding hydrogens is 460 g/mol. The first-order chi connectivity index (χ1) is 13.6. The van der Waals surface area contributed by atoms with E-state index in [1.54, 1.807) is 31.3 Å². The zero-order valence-electron chi connectivity index (χ0n) is 17.3. The summed E-state index contributed by atoms with van der Waals surface area (Å²) in [6.45, 7) is 7.00. The van der Waals surface area contributed by atoms with E-state index in [0.29, 0.717) is 26.3 Å². The maximum Gasteiger partial charge on any atom is 0.333 e. The molecule has 2 N–H and O–H groups in total. The minimum Gasteiger partial charge on any atom is -0.458 e. The predicted octanol–water partition coefficient (Wildman–Crippen LogP) is 4.58. The van der Waals surface area contributed by atoms with Crippen LogP contribution in [0.15, 0.2) is 22.8 Å². The molecule has 3 heterocycles. The molecule has 29 heavy (non-hydrogen) atoms. The normalized spacial score (nSPS) is 22.3. The van der Waals surface area contributed by atoms with Crippen LogP contribution in [0, 0.1) is 0 Å². The second-order valence-electron chi connectivity index (χ2n) is 8.73. The van der Waals surface area contributed by atoms with Gasteiger partial charge >= 0.3 is 5.97 Å². The molecule has 2 aliphatic heterocycles. The van der Waals surface area contributed by atoms with Crippen molar-refractivity contribution in [3.8, 4) is 0 Å². The minimum absolute atomic E-state index is 0.248. The molecule has 9 heteroatoms. The highest BCUT2D eigenvalue weighted by atomic mass is 79.9. The van der Waals surface area contributed by atoms with Crippen LogP contribution in [0.25, 0.3) is 0 Å². The van der Waals surface area contributed by atoms with E-state index in [0.717, 1.165) is 23.0 Å². The van der Waals surface area contributed by atoms with Gasteiger partial charge in [0.2, 0.25) is 0 Å². The van der Waals surface area contributed by atoms with Crippen molar-refractivity contribution in [3.05, 3.63) is 28.5 Å². The molecule has 2 saturated heterocycles. The number of halogens is 1. The van der Waals surface area contributed by atoms with E-state index < -0.39 is 27.1 Å². The molecule has 0 aliphatic carbocycles. The predicted molar refractivity (Wildman–Crippen MR) is 117 cm³/mol. The summed E-state index contributed by atoms with van der Waals surface area (Å²) < 4.78 is 35.1. The van der Waals surface area contributed by atoms with Crippen LogP contribution in [-0.2, 0) is 14.3 Å². The van der Waals surface area contributed by atoms with E-state index in [9.17, 15) is 13.9 Å². The van der Waals surface area contributed by atoms with Crippen molar-refractivity contribution >= 4 is 32.7 Å². The Bertz CT molecular complexity index is 709. The minimum atomic E-state index is -3.38. The van der Waals surface area contributed by atoms with Crippen molar-refractivity contribution in [2.75, 3.05) is 26.3 Å². The Kier molecular flexibility index (Phi) is 6.97. The summed E-state index contributed by atoms with van der Waals surface area (Å²) in [5.41, 5.74) is 0.315. The van der Waals surface area contributed by atoms with Crippen molar-refractivity contribution < 1.29 is 23.4 Å². The molecule has 0 spiro atoms. The second kappa shape index (κ2) is 8.80. The fourth-order valence-corrected chi connectivity index (χ4v) is 6.37. The largest absolute Gasteiger partial charge is 0.458 e. The molecule has 0 saturated carbocycles. The van der Waals surface area contributed by atoms with Crippen LogP contribution in [0.1, 0.15) is 58.1 Å². The second-order valence-corrected chi connectivity index (χ2v) is 12.0. The number of ether oxygens (including phenoxy) is 2. The van der Waals surface area contributed by atoms with Crippen LogP contribution in [0.3, 0.4) is 0 Å². The van der Waals surface area contributed by atoms with Crippen molar-refractivity contribution in [2.24, 2.45) is 0 Å². The summed E-state index contributed by atoms with van der Waals surface area (Å²) in [5, 5.41) is 0. The first-order valence-electron chi connectivity index (χ1n) is 10.0. The topological polar surface area (TPSA) is 92.1 Å². The Morgan fingerprint density at radius 2 is 1.90 bits per heavy atom. The fraction of sp³-hybridized carbons (Fsp3) is 0.700. The molecule has 7 nitrogen and oxygen atoms in total. The summed E-state index contributed by atoms with van der Waals surface area (Å²) in [7, 11) is -3.38. The molecule has 0 unspecified atom stereocenters. The van der Waals surface area contributed by atoms with Gasteiger partial charge in [0, 0.05) is 61.4 Å². The van der Waals surface area contributed by atoms with Crippen molar-refractivity contribution in [1.82, 2.24) is 9.29 Å². The number of pyridine rings is 1. The average molecular weight is 491 g/mol. The number of rotatable bonds is 4. The first-order valence-corrected chi connectivity index (χ1v) is 12.3. The molecule has 0 amide bonds. The van der Waals surface area contributed by atoms with Crippen molar-refractivity contribution in [1.29, 1.82) is 0 Å². The van der Waals surface area contributed by atoms with Crippen LogP contribution < -0.4 is 0 Å². The lowest BCUT2D eigenvalue weighted by Gasteiger charge is -2.56. The quantitative estimate of drug-likeness (QED) is 0.596. The smallest absolute Gasteiger partial charge is 0.333 e. The Hall–Kier alpha value is -0.710. The molecule has 3 rings (SSSR count). The number of aromatic nitrogens is 1.